The molecule has 0 aromatic carbocycles. The van der Waals surface area contributed by atoms with Gasteiger partial charge >= 0.3 is 53.7 Å². The predicted octanol–water partition coefficient (Wildman–Crippen LogP) is -0.431. The number of ether oxygens (including phenoxy) is 1. The van der Waals surface area contributed by atoms with E-state index in [0.29, 0.717) is 4.90 Å². The molecular formula is C16H17F3N3NaO6. The molecule has 4 rings (SSSR count). The van der Waals surface area contributed by atoms with Crippen LogP contribution in [0.2, 0.25) is 0 Å². The van der Waals surface area contributed by atoms with Crippen molar-refractivity contribution in [2.24, 2.45) is 5.92 Å². The van der Waals surface area contributed by atoms with Crippen molar-refractivity contribution in [3.63, 3.8) is 0 Å². The van der Waals surface area contributed by atoms with Crippen LogP contribution in [-0.2, 0) is 19.1 Å². The van der Waals surface area contributed by atoms with Gasteiger partial charge in [0.25, 0.3) is 5.91 Å². The first-order valence-electron chi connectivity index (χ1n) is 8.69. The quantitative estimate of drug-likeness (QED) is 0.465. The normalized spacial score (nSPS) is 27.7. The Morgan fingerprint density at radius 1 is 1.24 bits per heavy atom. The maximum absolute atomic E-state index is 12.8. The van der Waals surface area contributed by atoms with Gasteiger partial charge in [-0.25, -0.2) is 9.59 Å². The zero-order chi connectivity index (χ0) is 20.4. The Bertz CT molecular complexity index is 812. The number of nitrogens with zero attached hydrogens (tertiary/aromatic N) is 2. The number of likely N-dealkylation sites (tertiary alicyclic amines) is 1. The van der Waals surface area contributed by atoms with E-state index in [1.165, 1.54) is 0 Å². The van der Waals surface area contributed by atoms with Crippen molar-refractivity contribution in [2.45, 2.75) is 43.6 Å². The van der Waals surface area contributed by atoms with E-state index in [1.54, 1.807) is 0 Å². The molecule has 3 atom stereocenters. The molecule has 0 radical (unpaired) electrons. The third kappa shape index (κ3) is 3.73. The maximum atomic E-state index is 12.8. The first-order chi connectivity index (χ1) is 13.1. The standard InChI is InChI=1S/C16H16F3N3O6.Na.H/c17-16(18,19)14(26)21-4-6-3-7(5-28-15(27)20-8-1-2-8)10(13(24)25)22-9(6)11(21)12(22)23;;/h6,8-9,11H,1-5H2,(H,20,27)(H,24,25);;/t6-,9-,11+;;/m1../s1. The number of hydrogen-bond acceptors (Lipinski definition) is 5. The second-order valence-electron chi connectivity index (χ2n) is 7.32. The van der Waals surface area contributed by atoms with Crippen LogP contribution >= 0.6 is 0 Å². The van der Waals surface area contributed by atoms with Gasteiger partial charge in [0, 0.05) is 18.5 Å². The van der Waals surface area contributed by atoms with Crippen molar-refractivity contribution in [1.82, 2.24) is 15.1 Å². The van der Waals surface area contributed by atoms with Crippen molar-refractivity contribution >= 4 is 53.4 Å². The zero-order valence-corrected chi connectivity index (χ0v) is 14.4. The number of β-lactam (4-membered cyclic amide) rings is 1. The van der Waals surface area contributed by atoms with Crippen LogP contribution in [0.1, 0.15) is 19.3 Å². The van der Waals surface area contributed by atoms with Gasteiger partial charge in [0.1, 0.15) is 18.3 Å². The van der Waals surface area contributed by atoms with E-state index in [-0.39, 0.29) is 59.8 Å². The van der Waals surface area contributed by atoms with E-state index < -0.39 is 54.7 Å². The van der Waals surface area contributed by atoms with E-state index in [1.807, 2.05) is 0 Å². The number of carboxylic acids is 1. The van der Waals surface area contributed by atoms with Crippen LogP contribution in [-0.4, -0.2) is 106 Å². The fourth-order valence-electron chi connectivity index (χ4n) is 4.13. The van der Waals surface area contributed by atoms with Crippen LogP contribution in [0.15, 0.2) is 11.3 Å². The molecule has 0 aromatic heterocycles. The summed E-state index contributed by atoms with van der Waals surface area (Å²) in [5.74, 6) is -4.98. The van der Waals surface area contributed by atoms with E-state index in [0.717, 1.165) is 17.7 Å². The molecule has 4 aliphatic rings. The van der Waals surface area contributed by atoms with E-state index in [4.69, 9.17) is 4.74 Å². The van der Waals surface area contributed by atoms with Crippen LogP contribution in [0.25, 0.3) is 0 Å². The molecule has 29 heavy (non-hydrogen) atoms. The Balaban J connectivity index is 0.00000240. The first kappa shape index (κ1) is 21.9. The van der Waals surface area contributed by atoms with Gasteiger partial charge in [0.2, 0.25) is 0 Å². The number of halogens is 3. The number of nitrogens with one attached hydrogen (secondary N) is 1. The number of rotatable bonds is 4. The molecule has 1 aliphatic carbocycles. The molecule has 3 amide bonds. The predicted molar refractivity (Wildman–Crippen MR) is 89.6 cm³/mol. The van der Waals surface area contributed by atoms with E-state index in [2.05, 4.69) is 5.32 Å². The molecule has 9 nitrogen and oxygen atoms in total. The summed E-state index contributed by atoms with van der Waals surface area (Å²) in [7, 11) is 0. The fourth-order valence-corrected chi connectivity index (χ4v) is 4.13. The number of alkyl halides is 3. The molecule has 3 heterocycles. The van der Waals surface area contributed by atoms with Gasteiger partial charge in [-0.05, 0) is 24.8 Å². The van der Waals surface area contributed by atoms with Crippen molar-refractivity contribution in [3.05, 3.63) is 11.3 Å². The van der Waals surface area contributed by atoms with Crippen LogP contribution in [0.3, 0.4) is 0 Å². The number of amides is 3. The number of carboxylic acid groups (broad SMARTS) is 1. The first-order valence-corrected chi connectivity index (χ1v) is 8.69. The topological polar surface area (TPSA) is 116 Å². The summed E-state index contributed by atoms with van der Waals surface area (Å²) < 4.78 is 43.5. The van der Waals surface area contributed by atoms with Crippen LogP contribution < -0.4 is 5.32 Å². The van der Waals surface area contributed by atoms with Crippen LogP contribution in [0.4, 0.5) is 18.0 Å². The zero-order valence-electron chi connectivity index (χ0n) is 14.4. The molecule has 2 saturated heterocycles. The third-order valence-corrected chi connectivity index (χ3v) is 5.43. The van der Waals surface area contributed by atoms with Gasteiger partial charge in [0.05, 0.1) is 6.04 Å². The van der Waals surface area contributed by atoms with Gasteiger partial charge in [0.15, 0.2) is 0 Å². The molecule has 154 valence electrons. The fraction of sp³-hybridized carbons (Fsp3) is 0.625. The molecule has 3 aliphatic heterocycles. The molecule has 3 fully saturated rings. The number of aliphatic carboxylic acids is 1. The summed E-state index contributed by atoms with van der Waals surface area (Å²) >= 11 is 0. The summed E-state index contributed by atoms with van der Waals surface area (Å²) in [6, 6.07) is -2.09. The van der Waals surface area contributed by atoms with Crippen LogP contribution in [0.5, 0.6) is 0 Å². The third-order valence-electron chi connectivity index (χ3n) is 5.43. The van der Waals surface area contributed by atoms with E-state index in [9.17, 15) is 37.5 Å². The number of carbonyl (C=O) groups is 4. The van der Waals surface area contributed by atoms with Gasteiger partial charge in [-0.3, -0.25) is 14.5 Å². The van der Waals surface area contributed by atoms with Crippen molar-refractivity contribution in [2.75, 3.05) is 13.2 Å². The number of carbonyl (C=O) groups excluding carboxylic acids is 3. The van der Waals surface area contributed by atoms with Gasteiger partial charge in [-0.1, -0.05) is 0 Å². The second kappa shape index (κ2) is 7.47. The molecule has 13 heteroatoms. The minimum atomic E-state index is -5.12. The van der Waals surface area contributed by atoms with Gasteiger partial charge in [-0.2, -0.15) is 13.2 Å². The van der Waals surface area contributed by atoms with Crippen LogP contribution in [0, 0.1) is 5.92 Å². The van der Waals surface area contributed by atoms with E-state index >= 15 is 0 Å². The Morgan fingerprint density at radius 3 is 2.45 bits per heavy atom. The molecular weight excluding hydrogens is 410 g/mol. The van der Waals surface area contributed by atoms with Gasteiger partial charge < -0.3 is 20.1 Å². The average molecular weight is 427 g/mol. The Hall–Kier alpha value is -1.79. The second-order valence-corrected chi connectivity index (χ2v) is 7.32. The summed E-state index contributed by atoms with van der Waals surface area (Å²) in [6.45, 7) is -0.717. The Kier molecular flexibility index (Phi) is 5.65. The molecule has 2 N–H and O–H groups in total. The van der Waals surface area contributed by atoms with Crippen molar-refractivity contribution in [3.8, 4) is 0 Å². The SMILES string of the molecule is O=C(NC1CC1)OCC1=C(C(=O)O)N2C(=O)[C@@H]3[C@H]2[C@H](C1)CN3C(=O)C(F)(F)F.[NaH]. The van der Waals surface area contributed by atoms with Crippen molar-refractivity contribution in [1.29, 1.82) is 0 Å². The average Bonchev–Trinajstić information content (AvgIpc) is 3.33. The molecule has 0 unspecified atom stereocenters. The Labute approximate surface area is 184 Å². The summed E-state index contributed by atoms with van der Waals surface area (Å²) in [4.78, 5) is 48.8. The molecule has 0 aromatic rings. The summed E-state index contributed by atoms with van der Waals surface area (Å²) in [6.07, 6.45) is -4.17. The molecule has 1 saturated carbocycles. The molecule has 0 bridgehead atoms. The minimum absolute atomic E-state index is 0. The monoisotopic (exact) mass is 427 g/mol. The van der Waals surface area contributed by atoms with Gasteiger partial charge in [-0.15, -0.1) is 0 Å². The number of hydrogen-bond donors (Lipinski definition) is 2. The Morgan fingerprint density at radius 2 is 1.90 bits per heavy atom. The number of alkyl carbamates (subject to hydrolysis) is 1. The summed E-state index contributed by atoms with van der Waals surface area (Å²) in [5, 5.41) is 12.1. The summed E-state index contributed by atoms with van der Waals surface area (Å²) in [5.41, 5.74) is -0.254. The molecule has 0 spiro atoms. The van der Waals surface area contributed by atoms with Crippen molar-refractivity contribution < 1.29 is 42.2 Å².